The van der Waals surface area contributed by atoms with E-state index in [-0.39, 0.29) is 59.1 Å². The molecule has 0 aliphatic carbocycles. The van der Waals surface area contributed by atoms with Gasteiger partial charge in [-0.1, -0.05) is 6.58 Å². The molecule has 0 saturated heterocycles. The van der Waals surface area contributed by atoms with Gasteiger partial charge in [-0.3, -0.25) is 0 Å². The van der Waals surface area contributed by atoms with Crippen LogP contribution in [0.5, 0.6) is 0 Å². The number of carbonyl (C=O) groups excluding carboxylic acids is 1. The SMILES string of the molecule is C=CC(=O)OCOP(=O)(O)O.[NaH].[NaH]. The summed E-state index contributed by atoms with van der Waals surface area (Å²) in [7, 11) is -4.54. The number of hydrogen-bond acceptors (Lipinski definition) is 4. The van der Waals surface area contributed by atoms with Crippen LogP contribution in [0.4, 0.5) is 0 Å². The van der Waals surface area contributed by atoms with Crippen LogP contribution in [0.3, 0.4) is 0 Å². The molecule has 0 aliphatic heterocycles. The molecule has 0 aliphatic rings. The van der Waals surface area contributed by atoms with Crippen molar-refractivity contribution in [3.63, 3.8) is 0 Å². The van der Waals surface area contributed by atoms with Crippen LogP contribution in [0.2, 0.25) is 0 Å². The zero-order valence-electron chi connectivity index (χ0n) is 5.47. The van der Waals surface area contributed by atoms with Gasteiger partial charge in [0.05, 0.1) is 0 Å². The zero-order chi connectivity index (χ0) is 8.91. The van der Waals surface area contributed by atoms with E-state index in [0.29, 0.717) is 0 Å². The number of ether oxygens (including phenoxy) is 1. The second-order valence-corrected chi connectivity index (χ2v) is 2.64. The summed E-state index contributed by atoms with van der Waals surface area (Å²) in [5.41, 5.74) is 0. The third-order valence-electron chi connectivity index (χ3n) is 0.589. The summed E-state index contributed by atoms with van der Waals surface area (Å²) in [6.07, 6.45) is 0.850. The van der Waals surface area contributed by atoms with Gasteiger partial charge in [0.15, 0.2) is 0 Å². The van der Waals surface area contributed by atoms with E-state index < -0.39 is 20.6 Å². The predicted octanol–water partition coefficient (Wildman–Crippen LogP) is -1.51. The normalized spacial score (nSPS) is 9.08. The van der Waals surface area contributed by atoms with Gasteiger partial charge in [-0.25, -0.2) is 13.9 Å². The third-order valence-corrected chi connectivity index (χ3v) is 1.03. The Morgan fingerprint density at radius 3 is 2.23 bits per heavy atom. The third kappa shape index (κ3) is 16.0. The van der Waals surface area contributed by atoms with Crippen LogP contribution in [-0.2, 0) is 18.6 Å². The second-order valence-electron chi connectivity index (χ2n) is 1.41. The van der Waals surface area contributed by atoms with Crippen molar-refractivity contribution >= 4 is 72.9 Å². The Bertz CT molecular complexity index is 201. The fourth-order valence-corrected chi connectivity index (χ4v) is 0.402. The van der Waals surface area contributed by atoms with E-state index in [1.807, 2.05) is 0 Å². The Kier molecular flexibility index (Phi) is 15.0. The van der Waals surface area contributed by atoms with Gasteiger partial charge in [0, 0.05) is 6.08 Å². The fourth-order valence-electron chi connectivity index (χ4n) is 0.212. The number of hydrogen-bond donors (Lipinski definition) is 2. The molecule has 0 aromatic heterocycles. The van der Waals surface area contributed by atoms with E-state index in [2.05, 4.69) is 15.8 Å². The molecule has 0 amide bonds. The Morgan fingerprint density at radius 1 is 1.46 bits per heavy atom. The van der Waals surface area contributed by atoms with Crippen LogP contribution in [0.25, 0.3) is 0 Å². The van der Waals surface area contributed by atoms with E-state index in [1.54, 1.807) is 0 Å². The van der Waals surface area contributed by atoms with Crippen molar-refractivity contribution in [1.82, 2.24) is 0 Å². The van der Waals surface area contributed by atoms with Crippen LogP contribution >= 0.6 is 7.82 Å². The van der Waals surface area contributed by atoms with Gasteiger partial charge in [-0.2, -0.15) is 0 Å². The van der Waals surface area contributed by atoms with E-state index in [4.69, 9.17) is 9.79 Å². The molecular formula is C4H9Na2O6P. The van der Waals surface area contributed by atoms with Gasteiger partial charge in [-0.15, -0.1) is 0 Å². The fraction of sp³-hybridized carbons (Fsp3) is 0.250. The van der Waals surface area contributed by atoms with Crippen molar-refractivity contribution in [2.75, 3.05) is 6.79 Å². The molecule has 0 unspecified atom stereocenters. The average Bonchev–Trinajstić information content (AvgIpc) is 1.85. The van der Waals surface area contributed by atoms with Crippen LogP contribution in [0.15, 0.2) is 12.7 Å². The summed E-state index contributed by atoms with van der Waals surface area (Å²) >= 11 is 0. The Balaban J connectivity index is -0.000000500. The molecule has 0 rings (SSSR count). The van der Waals surface area contributed by atoms with Crippen LogP contribution < -0.4 is 0 Å². The molecular weight excluding hydrogens is 221 g/mol. The van der Waals surface area contributed by atoms with Crippen LogP contribution in [0.1, 0.15) is 0 Å². The summed E-state index contributed by atoms with van der Waals surface area (Å²) in [5, 5.41) is 0. The van der Waals surface area contributed by atoms with Gasteiger partial charge in [0.2, 0.25) is 6.79 Å². The molecule has 13 heavy (non-hydrogen) atoms. The first-order valence-electron chi connectivity index (χ1n) is 2.45. The molecule has 0 fully saturated rings. The molecule has 2 N–H and O–H groups in total. The summed E-state index contributed by atoms with van der Waals surface area (Å²) in [6.45, 7) is 2.27. The quantitative estimate of drug-likeness (QED) is 0.200. The van der Waals surface area contributed by atoms with Gasteiger partial charge < -0.3 is 14.5 Å². The predicted molar refractivity (Wildman–Crippen MR) is 48.6 cm³/mol. The minimum atomic E-state index is -4.54. The molecule has 0 bridgehead atoms. The van der Waals surface area contributed by atoms with Crippen molar-refractivity contribution in [1.29, 1.82) is 0 Å². The van der Waals surface area contributed by atoms with Gasteiger partial charge in [0.1, 0.15) is 0 Å². The van der Waals surface area contributed by atoms with Crippen molar-refractivity contribution in [3.8, 4) is 0 Å². The Labute approximate surface area is 119 Å². The molecule has 0 atom stereocenters. The number of esters is 1. The van der Waals surface area contributed by atoms with E-state index in [0.717, 1.165) is 6.08 Å². The number of phosphoric acid groups is 1. The van der Waals surface area contributed by atoms with Crippen molar-refractivity contribution in [3.05, 3.63) is 12.7 Å². The maximum atomic E-state index is 10.2. The van der Waals surface area contributed by atoms with Gasteiger partial charge in [0.25, 0.3) is 0 Å². The molecule has 0 heterocycles. The number of carbonyl (C=O) groups is 1. The standard InChI is InChI=1S/C4H7O6P.2Na.2H/c1-2-4(5)9-3-10-11(6,7)8;;;;/h2H,1,3H2,(H2,6,7,8);;;;. The van der Waals surface area contributed by atoms with E-state index in [9.17, 15) is 9.36 Å². The first-order chi connectivity index (χ1) is 4.95. The molecule has 0 spiro atoms. The Hall–Kier alpha value is 1.32. The minimum absolute atomic E-state index is 0. The maximum absolute atomic E-state index is 10.2. The number of phosphoric ester groups is 1. The Morgan fingerprint density at radius 2 is 1.92 bits per heavy atom. The molecule has 0 aromatic carbocycles. The summed E-state index contributed by atoms with van der Waals surface area (Å²) in [4.78, 5) is 26.4. The molecule has 6 nitrogen and oxygen atoms in total. The zero-order valence-corrected chi connectivity index (χ0v) is 6.36. The van der Waals surface area contributed by atoms with Crippen molar-refractivity contribution in [2.24, 2.45) is 0 Å². The van der Waals surface area contributed by atoms with Gasteiger partial charge in [-0.05, 0) is 0 Å². The van der Waals surface area contributed by atoms with Crippen LogP contribution in [-0.4, -0.2) is 81.7 Å². The molecule has 0 radical (unpaired) electrons. The van der Waals surface area contributed by atoms with Gasteiger partial charge >= 0.3 is 72.9 Å². The number of rotatable bonds is 4. The first kappa shape index (κ1) is 19.8. The second kappa shape index (κ2) is 9.86. The van der Waals surface area contributed by atoms with E-state index in [1.165, 1.54) is 0 Å². The summed E-state index contributed by atoms with van der Waals surface area (Å²) < 4.78 is 17.8. The van der Waals surface area contributed by atoms with Crippen molar-refractivity contribution in [2.45, 2.75) is 0 Å². The molecule has 0 saturated carbocycles. The van der Waals surface area contributed by atoms with E-state index >= 15 is 0 Å². The molecule has 0 aromatic rings. The summed E-state index contributed by atoms with van der Waals surface area (Å²) in [5.74, 6) is -0.807. The average molecular weight is 230 g/mol. The topological polar surface area (TPSA) is 93.1 Å². The van der Waals surface area contributed by atoms with Crippen LogP contribution in [0, 0.1) is 0 Å². The summed E-state index contributed by atoms with van der Waals surface area (Å²) in [6, 6.07) is 0. The monoisotopic (exact) mass is 230 g/mol. The van der Waals surface area contributed by atoms with Crippen molar-refractivity contribution < 1.29 is 28.4 Å². The first-order valence-corrected chi connectivity index (χ1v) is 3.98. The molecule has 9 heteroatoms. The molecule has 68 valence electrons.